The van der Waals surface area contributed by atoms with Gasteiger partial charge >= 0.3 is 0 Å². The third-order valence-electron chi connectivity index (χ3n) is 3.34. The van der Waals surface area contributed by atoms with E-state index in [0.717, 1.165) is 6.08 Å². The Morgan fingerprint density at radius 2 is 1.67 bits per heavy atom. The van der Waals surface area contributed by atoms with Gasteiger partial charge in [-0.2, -0.15) is 0 Å². The van der Waals surface area contributed by atoms with Gasteiger partial charge in [-0.15, -0.1) is 0 Å². The van der Waals surface area contributed by atoms with Crippen LogP contribution in [0.3, 0.4) is 0 Å². The standard InChI is InChI=1S/C10H24N2.CHNO/c1-6-7-8(2)9(3,4)10(5,11)12;2-1-3/h8H,6-7,11-12H2,1-5H3;2H. The molecule has 0 heterocycles. The largest absolute Gasteiger partial charge is 0.313 e. The fourth-order valence-corrected chi connectivity index (χ4v) is 1.32. The summed E-state index contributed by atoms with van der Waals surface area (Å²) in [6, 6.07) is 0. The molecule has 0 aromatic carbocycles. The van der Waals surface area contributed by atoms with Crippen LogP contribution in [0.2, 0.25) is 0 Å². The molecule has 0 aromatic rings. The van der Waals surface area contributed by atoms with Crippen LogP contribution in [0.4, 0.5) is 0 Å². The maximum absolute atomic E-state index is 8.35. The van der Waals surface area contributed by atoms with Gasteiger partial charge in [0.05, 0.1) is 5.66 Å². The molecule has 0 aromatic heterocycles. The molecule has 90 valence electrons. The van der Waals surface area contributed by atoms with Gasteiger partial charge in [-0.3, -0.25) is 0 Å². The van der Waals surface area contributed by atoms with Crippen LogP contribution < -0.4 is 11.5 Å². The number of nitrogens with two attached hydrogens (primary N) is 2. The van der Waals surface area contributed by atoms with Crippen molar-refractivity contribution in [2.45, 2.75) is 53.1 Å². The van der Waals surface area contributed by atoms with Gasteiger partial charge in [0.25, 0.3) is 0 Å². The number of isocyanates is 1. The van der Waals surface area contributed by atoms with Crippen molar-refractivity contribution in [2.75, 3.05) is 0 Å². The molecule has 4 nitrogen and oxygen atoms in total. The summed E-state index contributed by atoms with van der Waals surface area (Å²) in [5.41, 5.74) is 11.3. The van der Waals surface area contributed by atoms with Crippen LogP contribution in [0.25, 0.3) is 0 Å². The Bertz CT molecular complexity index is 200. The van der Waals surface area contributed by atoms with E-state index >= 15 is 0 Å². The number of rotatable bonds is 4. The molecule has 1 atom stereocenters. The van der Waals surface area contributed by atoms with Crippen molar-refractivity contribution in [1.82, 2.24) is 0 Å². The van der Waals surface area contributed by atoms with Crippen LogP contribution in [0.15, 0.2) is 0 Å². The highest BCUT2D eigenvalue weighted by molar-refractivity contribution is 5.26. The quantitative estimate of drug-likeness (QED) is 0.380. The molecule has 0 amide bonds. The Morgan fingerprint density at radius 1 is 1.33 bits per heavy atom. The Morgan fingerprint density at radius 3 is 1.87 bits per heavy atom. The molecule has 15 heavy (non-hydrogen) atoms. The molecule has 4 heteroatoms. The van der Waals surface area contributed by atoms with E-state index < -0.39 is 5.66 Å². The summed E-state index contributed by atoms with van der Waals surface area (Å²) in [6.45, 7) is 10.6. The van der Waals surface area contributed by atoms with Crippen molar-refractivity contribution in [1.29, 1.82) is 5.41 Å². The van der Waals surface area contributed by atoms with Crippen LogP contribution in [-0.2, 0) is 4.79 Å². The fourth-order valence-electron chi connectivity index (χ4n) is 1.32. The maximum Gasteiger partial charge on any atom is 0.231 e. The summed E-state index contributed by atoms with van der Waals surface area (Å²) >= 11 is 0. The maximum atomic E-state index is 8.35. The van der Waals surface area contributed by atoms with Crippen molar-refractivity contribution in [3.05, 3.63) is 0 Å². The average Bonchev–Trinajstić information content (AvgIpc) is 2.04. The van der Waals surface area contributed by atoms with Gasteiger partial charge in [0, 0.05) is 0 Å². The summed E-state index contributed by atoms with van der Waals surface area (Å²) in [6.07, 6.45) is 3.14. The first-order valence-corrected chi connectivity index (χ1v) is 5.26. The lowest BCUT2D eigenvalue weighted by Crippen LogP contribution is -2.60. The van der Waals surface area contributed by atoms with Crippen LogP contribution in [-0.4, -0.2) is 11.7 Å². The minimum Gasteiger partial charge on any atom is -0.313 e. The highest BCUT2D eigenvalue weighted by Crippen LogP contribution is 2.36. The molecule has 0 bridgehead atoms. The SMILES string of the molecule is CCCC(C)C(C)(C)C(C)(N)N.N=C=O. The summed E-state index contributed by atoms with van der Waals surface area (Å²) in [5, 5.41) is 5.40. The molecule has 1 unspecified atom stereocenters. The number of hydrogen-bond donors (Lipinski definition) is 3. The van der Waals surface area contributed by atoms with Gasteiger partial charge < -0.3 is 11.5 Å². The molecular weight excluding hydrogens is 190 g/mol. The van der Waals surface area contributed by atoms with Gasteiger partial charge in [-0.25, -0.2) is 10.2 Å². The van der Waals surface area contributed by atoms with E-state index in [0.29, 0.717) is 5.92 Å². The third-order valence-corrected chi connectivity index (χ3v) is 3.34. The zero-order valence-electron chi connectivity index (χ0n) is 10.6. The van der Waals surface area contributed by atoms with Crippen molar-refractivity contribution >= 4 is 6.08 Å². The van der Waals surface area contributed by atoms with Crippen LogP contribution in [0, 0.1) is 16.7 Å². The van der Waals surface area contributed by atoms with Gasteiger partial charge in [0.15, 0.2) is 0 Å². The lowest BCUT2D eigenvalue weighted by Gasteiger charge is -2.43. The predicted octanol–water partition coefficient (Wildman–Crippen LogP) is 1.98. The molecule has 0 aliphatic heterocycles. The Balaban J connectivity index is 0. The van der Waals surface area contributed by atoms with Crippen LogP contribution in [0.1, 0.15) is 47.5 Å². The normalized spacial score (nSPS) is 13.5. The number of hydrogen-bond acceptors (Lipinski definition) is 4. The second kappa shape index (κ2) is 6.72. The Hall–Kier alpha value is -0.700. The average molecular weight is 215 g/mol. The van der Waals surface area contributed by atoms with Crippen molar-refractivity contribution in [2.24, 2.45) is 22.8 Å². The first-order valence-electron chi connectivity index (χ1n) is 5.26. The van der Waals surface area contributed by atoms with E-state index in [4.69, 9.17) is 21.7 Å². The molecule has 0 aliphatic carbocycles. The highest BCUT2D eigenvalue weighted by Gasteiger charge is 2.38. The van der Waals surface area contributed by atoms with Gasteiger partial charge in [-0.1, -0.05) is 40.5 Å². The Kier molecular flexibility index (Phi) is 7.49. The second-order valence-corrected chi connectivity index (χ2v) is 4.80. The van der Waals surface area contributed by atoms with E-state index in [2.05, 4.69) is 27.7 Å². The summed E-state index contributed by atoms with van der Waals surface area (Å²) in [7, 11) is 0. The molecule has 0 radical (unpaired) electrons. The zero-order valence-corrected chi connectivity index (χ0v) is 10.6. The molecule has 0 saturated heterocycles. The summed E-state index contributed by atoms with van der Waals surface area (Å²) in [4.78, 5) is 8.35. The van der Waals surface area contributed by atoms with Gasteiger partial charge in [0.1, 0.15) is 0 Å². The van der Waals surface area contributed by atoms with E-state index in [1.807, 2.05) is 6.92 Å². The molecule has 0 saturated carbocycles. The minimum atomic E-state index is -0.582. The number of carbonyl (C=O) groups excluding carboxylic acids is 1. The third kappa shape index (κ3) is 5.67. The van der Waals surface area contributed by atoms with E-state index in [1.54, 1.807) is 0 Å². The zero-order chi connectivity index (χ0) is 12.7. The predicted molar refractivity (Wildman–Crippen MR) is 63.0 cm³/mol. The van der Waals surface area contributed by atoms with Crippen LogP contribution in [0.5, 0.6) is 0 Å². The number of nitrogens with one attached hydrogen (secondary N) is 1. The molecule has 0 spiro atoms. The first-order chi connectivity index (χ1) is 6.65. The monoisotopic (exact) mass is 215 g/mol. The van der Waals surface area contributed by atoms with Gasteiger partial charge in [-0.05, 0) is 18.3 Å². The summed E-state index contributed by atoms with van der Waals surface area (Å²) < 4.78 is 0. The topological polar surface area (TPSA) is 93.0 Å². The first kappa shape index (κ1) is 16.7. The Labute approximate surface area is 92.9 Å². The van der Waals surface area contributed by atoms with Crippen LogP contribution >= 0.6 is 0 Å². The van der Waals surface area contributed by atoms with E-state index in [1.165, 1.54) is 12.8 Å². The van der Waals surface area contributed by atoms with Crippen molar-refractivity contribution < 1.29 is 4.79 Å². The summed E-state index contributed by atoms with van der Waals surface area (Å²) in [5.74, 6) is 0.572. The lowest BCUT2D eigenvalue weighted by atomic mass is 9.69. The lowest BCUT2D eigenvalue weighted by molar-refractivity contribution is 0.103. The van der Waals surface area contributed by atoms with E-state index in [9.17, 15) is 0 Å². The van der Waals surface area contributed by atoms with Crippen molar-refractivity contribution in [3.8, 4) is 0 Å². The molecule has 0 fully saturated rings. The van der Waals surface area contributed by atoms with Crippen molar-refractivity contribution in [3.63, 3.8) is 0 Å². The minimum absolute atomic E-state index is 0.00299. The molecular formula is C11H25N3O. The fraction of sp³-hybridized carbons (Fsp3) is 0.909. The molecule has 0 aliphatic rings. The molecule has 0 rings (SSSR count). The highest BCUT2D eigenvalue weighted by atomic mass is 16.1. The second-order valence-electron chi connectivity index (χ2n) is 4.80. The molecule has 5 N–H and O–H groups in total. The van der Waals surface area contributed by atoms with Gasteiger partial charge in [0.2, 0.25) is 6.08 Å². The van der Waals surface area contributed by atoms with E-state index in [-0.39, 0.29) is 5.41 Å². The smallest absolute Gasteiger partial charge is 0.231 e.